The second-order valence-electron chi connectivity index (χ2n) is 4.35. The van der Waals surface area contributed by atoms with Crippen LogP contribution in [-0.4, -0.2) is 60.4 Å². The molecule has 6 heteroatoms. The van der Waals surface area contributed by atoms with Gasteiger partial charge in [-0.25, -0.2) is 4.79 Å². The van der Waals surface area contributed by atoms with Crippen LogP contribution in [0, 0.1) is 0 Å². The number of aliphatic carboxylic acids is 1. The van der Waals surface area contributed by atoms with Gasteiger partial charge in [-0.05, 0) is 13.3 Å². The molecule has 0 spiro atoms. The van der Waals surface area contributed by atoms with E-state index in [0.29, 0.717) is 13.2 Å². The average molecular weight is 259 g/mol. The van der Waals surface area contributed by atoms with Gasteiger partial charge in [-0.1, -0.05) is 13.3 Å². The van der Waals surface area contributed by atoms with E-state index in [1.54, 1.807) is 6.92 Å². The number of nitrogens with zero attached hydrogens (tertiary/aromatic N) is 1. The van der Waals surface area contributed by atoms with E-state index in [9.17, 15) is 9.59 Å². The summed E-state index contributed by atoms with van der Waals surface area (Å²) in [4.78, 5) is 24.3. The van der Waals surface area contributed by atoms with Crippen LogP contribution >= 0.6 is 0 Å². The first kappa shape index (κ1) is 14.9. The first-order valence-corrected chi connectivity index (χ1v) is 6.31. The Bertz CT molecular complexity index is 294. The number of morpholine rings is 1. The van der Waals surface area contributed by atoms with Gasteiger partial charge >= 0.3 is 5.97 Å². The number of carboxylic acids is 1. The van der Waals surface area contributed by atoms with E-state index in [1.807, 2.05) is 0 Å². The van der Waals surface area contributed by atoms with Gasteiger partial charge < -0.3 is 19.5 Å². The van der Waals surface area contributed by atoms with Crippen LogP contribution < -0.4 is 0 Å². The molecule has 0 saturated carbocycles. The SMILES string of the molecule is CCCCO[C@H](C)C(=O)N1CCO[C@H](C(=O)O)C1. The zero-order valence-electron chi connectivity index (χ0n) is 10.9. The maximum Gasteiger partial charge on any atom is 0.334 e. The van der Waals surface area contributed by atoms with Gasteiger partial charge in [0.15, 0.2) is 6.10 Å². The van der Waals surface area contributed by atoms with Gasteiger partial charge in [0.1, 0.15) is 6.10 Å². The molecular formula is C12H21NO5. The molecule has 1 aliphatic heterocycles. The highest BCUT2D eigenvalue weighted by Crippen LogP contribution is 2.09. The summed E-state index contributed by atoms with van der Waals surface area (Å²) in [7, 11) is 0. The fraction of sp³-hybridized carbons (Fsp3) is 0.833. The van der Waals surface area contributed by atoms with Gasteiger partial charge in [0, 0.05) is 13.2 Å². The number of ether oxygens (including phenoxy) is 2. The predicted octanol–water partition coefficient (Wildman–Crippen LogP) is 0.504. The van der Waals surface area contributed by atoms with Crippen LogP contribution in [0.1, 0.15) is 26.7 Å². The van der Waals surface area contributed by atoms with E-state index >= 15 is 0 Å². The third-order valence-corrected chi connectivity index (χ3v) is 2.87. The highest BCUT2D eigenvalue weighted by atomic mass is 16.5. The summed E-state index contributed by atoms with van der Waals surface area (Å²) in [5.74, 6) is -1.20. The molecule has 1 heterocycles. The Balaban J connectivity index is 2.42. The second kappa shape index (κ2) is 7.33. The van der Waals surface area contributed by atoms with Gasteiger partial charge in [0.05, 0.1) is 13.2 Å². The Kier molecular flexibility index (Phi) is 6.07. The van der Waals surface area contributed by atoms with E-state index in [1.165, 1.54) is 4.90 Å². The minimum absolute atomic E-state index is 0.0929. The number of unbranched alkanes of at least 4 members (excludes halogenated alkanes) is 1. The third kappa shape index (κ3) is 4.27. The Morgan fingerprint density at radius 1 is 1.56 bits per heavy atom. The Labute approximate surface area is 107 Å². The summed E-state index contributed by atoms with van der Waals surface area (Å²) in [6.45, 7) is 5.07. The van der Waals surface area contributed by atoms with Crippen molar-refractivity contribution in [3.63, 3.8) is 0 Å². The smallest absolute Gasteiger partial charge is 0.334 e. The Morgan fingerprint density at radius 3 is 2.89 bits per heavy atom. The van der Waals surface area contributed by atoms with Crippen molar-refractivity contribution in [2.24, 2.45) is 0 Å². The molecule has 1 aliphatic rings. The van der Waals surface area contributed by atoms with Crippen molar-refractivity contribution in [1.29, 1.82) is 0 Å². The number of carbonyl (C=O) groups is 2. The maximum atomic E-state index is 12.0. The number of rotatable bonds is 6. The molecular weight excluding hydrogens is 238 g/mol. The predicted molar refractivity (Wildman–Crippen MR) is 64.3 cm³/mol. The Morgan fingerprint density at radius 2 is 2.28 bits per heavy atom. The van der Waals surface area contributed by atoms with Gasteiger partial charge in [-0.2, -0.15) is 0 Å². The Hall–Kier alpha value is -1.14. The molecule has 1 amide bonds. The lowest BCUT2D eigenvalue weighted by atomic mass is 10.2. The van der Waals surface area contributed by atoms with Crippen molar-refractivity contribution < 1.29 is 24.2 Å². The van der Waals surface area contributed by atoms with Crippen LogP contribution in [0.3, 0.4) is 0 Å². The highest BCUT2D eigenvalue weighted by molar-refractivity contribution is 5.82. The minimum Gasteiger partial charge on any atom is -0.479 e. The van der Waals surface area contributed by atoms with Crippen LogP contribution in [0.2, 0.25) is 0 Å². The quantitative estimate of drug-likeness (QED) is 0.703. The molecule has 0 radical (unpaired) electrons. The van der Waals surface area contributed by atoms with Crippen molar-refractivity contribution in [2.75, 3.05) is 26.3 Å². The lowest BCUT2D eigenvalue weighted by Gasteiger charge is -2.32. The van der Waals surface area contributed by atoms with Gasteiger partial charge in [0.25, 0.3) is 5.91 Å². The molecule has 0 aromatic heterocycles. The molecule has 0 unspecified atom stereocenters. The molecule has 0 bridgehead atoms. The highest BCUT2D eigenvalue weighted by Gasteiger charge is 2.31. The second-order valence-corrected chi connectivity index (χ2v) is 4.35. The lowest BCUT2D eigenvalue weighted by Crippen LogP contribution is -2.51. The zero-order chi connectivity index (χ0) is 13.5. The van der Waals surface area contributed by atoms with Gasteiger partial charge in [-0.3, -0.25) is 4.79 Å². The summed E-state index contributed by atoms with van der Waals surface area (Å²) in [5.41, 5.74) is 0. The summed E-state index contributed by atoms with van der Waals surface area (Å²) in [6, 6.07) is 0. The number of hydrogen-bond donors (Lipinski definition) is 1. The van der Waals surface area contributed by atoms with Crippen molar-refractivity contribution in [3.8, 4) is 0 Å². The topological polar surface area (TPSA) is 76.1 Å². The zero-order valence-corrected chi connectivity index (χ0v) is 10.9. The first-order chi connectivity index (χ1) is 8.56. The summed E-state index contributed by atoms with van der Waals surface area (Å²) in [6.07, 6.45) is 0.479. The number of carbonyl (C=O) groups excluding carboxylic acids is 1. The van der Waals surface area contributed by atoms with E-state index in [0.717, 1.165) is 12.8 Å². The monoisotopic (exact) mass is 259 g/mol. The minimum atomic E-state index is -1.04. The van der Waals surface area contributed by atoms with Crippen molar-refractivity contribution >= 4 is 11.9 Å². The van der Waals surface area contributed by atoms with Gasteiger partial charge in [-0.15, -0.1) is 0 Å². The van der Waals surface area contributed by atoms with E-state index < -0.39 is 18.2 Å². The van der Waals surface area contributed by atoms with Crippen LogP contribution in [0.25, 0.3) is 0 Å². The van der Waals surface area contributed by atoms with Gasteiger partial charge in [0.2, 0.25) is 0 Å². The van der Waals surface area contributed by atoms with Crippen LogP contribution in [0.4, 0.5) is 0 Å². The fourth-order valence-corrected chi connectivity index (χ4v) is 1.73. The standard InChI is InChI=1S/C12H21NO5/c1-3-4-6-17-9(2)11(14)13-5-7-18-10(8-13)12(15)16/h9-10H,3-8H2,1-2H3,(H,15,16)/t9-,10+/m1/s1. The maximum absolute atomic E-state index is 12.0. The normalized spacial score (nSPS) is 21.7. The molecule has 6 nitrogen and oxygen atoms in total. The third-order valence-electron chi connectivity index (χ3n) is 2.87. The molecule has 104 valence electrons. The van der Waals surface area contributed by atoms with Crippen LogP contribution in [0.5, 0.6) is 0 Å². The van der Waals surface area contributed by atoms with E-state index in [-0.39, 0.29) is 19.1 Å². The summed E-state index contributed by atoms with van der Waals surface area (Å²) in [5, 5.41) is 8.86. The average Bonchev–Trinajstić information content (AvgIpc) is 2.38. The van der Waals surface area contributed by atoms with Crippen LogP contribution in [-0.2, 0) is 19.1 Å². The molecule has 18 heavy (non-hydrogen) atoms. The fourth-order valence-electron chi connectivity index (χ4n) is 1.73. The summed E-state index contributed by atoms with van der Waals surface area (Å²) < 4.78 is 10.5. The largest absolute Gasteiger partial charge is 0.479 e. The number of carboxylic acid groups (broad SMARTS) is 1. The van der Waals surface area contributed by atoms with E-state index in [2.05, 4.69) is 6.92 Å². The molecule has 1 saturated heterocycles. The van der Waals surface area contributed by atoms with Crippen molar-refractivity contribution in [3.05, 3.63) is 0 Å². The molecule has 0 aliphatic carbocycles. The molecule has 2 atom stereocenters. The van der Waals surface area contributed by atoms with Crippen molar-refractivity contribution in [1.82, 2.24) is 4.90 Å². The van der Waals surface area contributed by atoms with Crippen molar-refractivity contribution in [2.45, 2.75) is 38.9 Å². The molecule has 0 aromatic rings. The first-order valence-electron chi connectivity index (χ1n) is 6.31. The van der Waals surface area contributed by atoms with E-state index in [4.69, 9.17) is 14.6 Å². The number of hydrogen-bond acceptors (Lipinski definition) is 4. The molecule has 1 fully saturated rings. The summed E-state index contributed by atoms with van der Waals surface area (Å²) >= 11 is 0. The molecule has 0 aromatic carbocycles. The lowest BCUT2D eigenvalue weighted by molar-refractivity contribution is -0.162. The molecule has 1 N–H and O–H groups in total. The molecule has 1 rings (SSSR count). The number of amides is 1. The van der Waals surface area contributed by atoms with Crippen LogP contribution in [0.15, 0.2) is 0 Å².